The van der Waals surface area contributed by atoms with Gasteiger partial charge >= 0.3 is 0 Å². The lowest BCUT2D eigenvalue weighted by Gasteiger charge is -2.20. The van der Waals surface area contributed by atoms with Gasteiger partial charge in [-0.2, -0.15) is 0 Å². The van der Waals surface area contributed by atoms with Gasteiger partial charge in [-0.1, -0.05) is 6.92 Å². The Labute approximate surface area is 108 Å². The van der Waals surface area contributed by atoms with Gasteiger partial charge in [0.2, 0.25) is 0 Å². The molecule has 1 aromatic heterocycles. The van der Waals surface area contributed by atoms with Crippen molar-refractivity contribution in [1.82, 2.24) is 14.9 Å². The van der Waals surface area contributed by atoms with Crippen LogP contribution in [0.15, 0.2) is 12.4 Å². The van der Waals surface area contributed by atoms with Crippen LogP contribution in [-0.4, -0.2) is 41.6 Å². The zero-order valence-corrected chi connectivity index (χ0v) is 11.3. The highest BCUT2D eigenvalue weighted by Gasteiger charge is 2.21. The van der Waals surface area contributed by atoms with Crippen LogP contribution in [-0.2, 0) is 22.9 Å². The summed E-state index contributed by atoms with van der Waals surface area (Å²) in [5, 5.41) is 3.49. The molecule has 1 aliphatic heterocycles. The molecule has 0 saturated carbocycles. The summed E-state index contributed by atoms with van der Waals surface area (Å²) in [6.45, 7) is 4.55. The van der Waals surface area contributed by atoms with Gasteiger partial charge in [0.25, 0.3) is 0 Å². The van der Waals surface area contributed by atoms with Crippen molar-refractivity contribution in [2.24, 2.45) is 7.05 Å². The molecular weight excluding hydrogens is 230 g/mol. The summed E-state index contributed by atoms with van der Waals surface area (Å²) in [5.41, 5.74) is 0. The molecule has 2 rings (SSSR count). The van der Waals surface area contributed by atoms with E-state index in [1.807, 2.05) is 19.4 Å². The van der Waals surface area contributed by atoms with Crippen LogP contribution in [0.25, 0.3) is 0 Å². The second-order valence-electron chi connectivity index (χ2n) is 4.65. The van der Waals surface area contributed by atoms with Gasteiger partial charge in [0.15, 0.2) is 6.29 Å². The molecular formula is C13H23N3O2. The van der Waals surface area contributed by atoms with Crippen LogP contribution >= 0.6 is 0 Å². The first kappa shape index (κ1) is 13.5. The van der Waals surface area contributed by atoms with Gasteiger partial charge in [0.05, 0.1) is 13.2 Å². The molecule has 1 aliphatic rings. The van der Waals surface area contributed by atoms with Crippen LogP contribution in [0.3, 0.4) is 0 Å². The van der Waals surface area contributed by atoms with Crippen molar-refractivity contribution in [2.45, 2.75) is 38.5 Å². The molecule has 1 aromatic rings. The Bertz CT molecular complexity index is 348. The van der Waals surface area contributed by atoms with Crippen molar-refractivity contribution in [3.8, 4) is 0 Å². The molecule has 1 saturated heterocycles. The summed E-state index contributed by atoms with van der Waals surface area (Å²) in [4.78, 5) is 4.35. The summed E-state index contributed by atoms with van der Waals surface area (Å²) < 4.78 is 13.1. The lowest BCUT2D eigenvalue weighted by molar-refractivity contribution is -0.0530. The van der Waals surface area contributed by atoms with Crippen LogP contribution in [0, 0.1) is 0 Å². The standard InChI is InChI=1S/C13H23N3O2/c1-3-14-11(10-13-17-8-9-18-13)4-5-12-15-6-7-16(12)2/h6-7,11,13-14H,3-5,8-10H2,1-2H3. The van der Waals surface area contributed by atoms with E-state index in [0.717, 1.165) is 44.8 Å². The van der Waals surface area contributed by atoms with E-state index >= 15 is 0 Å². The van der Waals surface area contributed by atoms with Gasteiger partial charge in [0, 0.05) is 38.3 Å². The minimum absolute atomic E-state index is 0.0320. The van der Waals surface area contributed by atoms with Gasteiger partial charge < -0.3 is 19.4 Å². The minimum Gasteiger partial charge on any atom is -0.350 e. The highest BCUT2D eigenvalue weighted by molar-refractivity contribution is 4.92. The number of hydrogen-bond acceptors (Lipinski definition) is 4. The van der Waals surface area contributed by atoms with E-state index in [2.05, 4.69) is 21.8 Å². The maximum Gasteiger partial charge on any atom is 0.159 e. The van der Waals surface area contributed by atoms with Crippen molar-refractivity contribution in [3.63, 3.8) is 0 Å². The van der Waals surface area contributed by atoms with Gasteiger partial charge in [-0.25, -0.2) is 4.98 Å². The molecule has 0 aliphatic carbocycles. The summed E-state index contributed by atoms with van der Waals surface area (Å²) in [5.74, 6) is 1.13. The lowest BCUT2D eigenvalue weighted by atomic mass is 10.1. The number of nitrogens with zero attached hydrogens (tertiary/aromatic N) is 2. The third kappa shape index (κ3) is 3.80. The van der Waals surface area contributed by atoms with Crippen LogP contribution in [0.5, 0.6) is 0 Å². The fraction of sp³-hybridized carbons (Fsp3) is 0.769. The van der Waals surface area contributed by atoms with E-state index in [4.69, 9.17) is 9.47 Å². The van der Waals surface area contributed by atoms with Crippen molar-refractivity contribution in [2.75, 3.05) is 19.8 Å². The third-order valence-electron chi connectivity index (χ3n) is 3.30. The monoisotopic (exact) mass is 253 g/mol. The van der Waals surface area contributed by atoms with Crippen LogP contribution in [0.4, 0.5) is 0 Å². The average Bonchev–Trinajstić information content (AvgIpc) is 2.98. The molecule has 1 unspecified atom stereocenters. The Morgan fingerprint density at radius 3 is 2.89 bits per heavy atom. The van der Waals surface area contributed by atoms with Gasteiger partial charge in [-0.15, -0.1) is 0 Å². The maximum absolute atomic E-state index is 5.51. The number of aromatic nitrogens is 2. The van der Waals surface area contributed by atoms with Gasteiger partial charge in [0.1, 0.15) is 5.82 Å². The van der Waals surface area contributed by atoms with Crippen molar-refractivity contribution >= 4 is 0 Å². The molecule has 18 heavy (non-hydrogen) atoms. The Morgan fingerprint density at radius 1 is 1.50 bits per heavy atom. The molecule has 0 amide bonds. The minimum atomic E-state index is -0.0320. The van der Waals surface area contributed by atoms with E-state index in [9.17, 15) is 0 Å². The highest BCUT2D eigenvalue weighted by atomic mass is 16.7. The molecule has 0 aromatic carbocycles. The van der Waals surface area contributed by atoms with Crippen molar-refractivity contribution < 1.29 is 9.47 Å². The number of rotatable bonds is 7. The van der Waals surface area contributed by atoms with E-state index < -0.39 is 0 Å². The first-order chi connectivity index (χ1) is 8.79. The second-order valence-corrected chi connectivity index (χ2v) is 4.65. The molecule has 0 spiro atoms. The summed E-state index contributed by atoms with van der Waals surface area (Å²) >= 11 is 0. The third-order valence-corrected chi connectivity index (χ3v) is 3.30. The predicted molar refractivity (Wildman–Crippen MR) is 69.3 cm³/mol. The Morgan fingerprint density at radius 2 is 2.28 bits per heavy atom. The Balaban J connectivity index is 1.79. The smallest absolute Gasteiger partial charge is 0.159 e. The van der Waals surface area contributed by atoms with Crippen molar-refractivity contribution in [1.29, 1.82) is 0 Å². The zero-order chi connectivity index (χ0) is 12.8. The van der Waals surface area contributed by atoms with E-state index in [1.165, 1.54) is 0 Å². The van der Waals surface area contributed by atoms with E-state index in [1.54, 1.807) is 0 Å². The first-order valence-electron chi connectivity index (χ1n) is 6.72. The first-order valence-corrected chi connectivity index (χ1v) is 6.72. The van der Waals surface area contributed by atoms with Crippen LogP contribution in [0.2, 0.25) is 0 Å². The number of ether oxygens (including phenoxy) is 2. The maximum atomic E-state index is 5.51. The molecule has 1 fully saturated rings. The largest absolute Gasteiger partial charge is 0.350 e. The molecule has 1 atom stereocenters. The fourth-order valence-corrected chi connectivity index (χ4v) is 2.31. The number of imidazole rings is 1. The molecule has 2 heterocycles. The summed E-state index contributed by atoms with van der Waals surface area (Å²) in [6, 6.07) is 0.426. The van der Waals surface area contributed by atoms with Gasteiger partial charge in [-0.3, -0.25) is 0 Å². The SMILES string of the molecule is CCNC(CCc1nccn1C)CC1OCCO1. The summed E-state index contributed by atoms with van der Waals surface area (Å²) in [6.07, 6.45) is 6.76. The quantitative estimate of drug-likeness (QED) is 0.790. The lowest BCUT2D eigenvalue weighted by Crippen LogP contribution is -2.33. The second kappa shape index (κ2) is 6.87. The highest BCUT2D eigenvalue weighted by Crippen LogP contribution is 2.14. The molecule has 102 valence electrons. The molecule has 5 heteroatoms. The number of hydrogen-bond donors (Lipinski definition) is 1. The Hall–Kier alpha value is -0.910. The zero-order valence-electron chi connectivity index (χ0n) is 11.3. The molecule has 5 nitrogen and oxygen atoms in total. The average molecular weight is 253 g/mol. The number of nitrogens with one attached hydrogen (secondary N) is 1. The van der Waals surface area contributed by atoms with Crippen LogP contribution in [0.1, 0.15) is 25.6 Å². The molecule has 0 bridgehead atoms. The predicted octanol–water partition coefficient (Wildman–Crippen LogP) is 1.09. The van der Waals surface area contributed by atoms with Crippen molar-refractivity contribution in [3.05, 3.63) is 18.2 Å². The summed E-state index contributed by atoms with van der Waals surface area (Å²) in [7, 11) is 2.04. The molecule has 1 N–H and O–H groups in total. The fourth-order valence-electron chi connectivity index (χ4n) is 2.31. The Kier molecular flexibility index (Phi) is 5.16. The van der Waals surface area contributed by atoms with E-state index in [-0.39, 0.29) is 6.29 Å². The van der Waals surface area contributed by atoms with E-state index in [0.29, 0.717) is 6.04 Å². The van der Waals surface area contributed by atoms with Gasteiger partial charge in [-0.05, 0) is 13.0 Å². The molecule has 0 radical (unpaired) electrons. The normalized spacial score (nSPS) is 18.3. The van der Waals surface area contributed by atoms with Crippen LogP contribution < -0.4 is 5.32 Å². The topological polar surface area (TPSA) is 48.3 Å². The number of aryl methyl sites for hydroxylation is 2.